The molecule has 0 bridgehead atoms. The Hall–Kier alpha value is -4.04. The van der Waals surface area contributed by atoms with Crippen LogP contribution in [0.15, 0.2) is 72.8 Å². The normalized spacial score (nSPS) is 9.91. The van der Waals surface area contributed by atoms with Crippen LogP contribution in [0.3, 0.4) is 0 Å². The Morgan fingerprint density at radius 3 is 2.15 bits per heavy atom. The molecule has 34 heavy (non-hydrogen) atoms. The number of esters is 1. The monoisotopic (exact) mass is 484 g/mol. The van der Waals surface area contributed by atoms with Gasteiger partial charge in [-0.1, -0.05) is 29.8 Å². The van der Waals surface area contributed by atoms with Crippen LogP contribution in [0, 0.1) is 0 Å². The summed E-state index contributed by atoms with van der Waals surface area (Å²) >= 11 is 5.74. The summed E-state index contributed by atoms with van der Waals surface area (Å²) in [5, 5.41) is 15.3. The van der Waals surface area contributed by atoms with Crippen molar-refractivity contribution in [3.05, 3.63) is 83.4 Å². The molecule has 0 heterocycles. The van der Waals surface area contributed by atoms with Gasteiger partial charge >= 0.3 is 12.1 Å². The average molecular weight is 485 g/mol. The number of hydrogen-bond donors (Lipinski definition) is 3. The number of carbonyl (C=O) groups excluding carboxylic acids is 3. The fourth-order valence-electron chi connectivity index (χ4n) is 2.55. The molecule has 0 unspecified atom stereocenters. The van der Waals surface area contributed by atoms with E-state index in [0.717, 1.165) is 0 Å². The first-order valence-electron chi connectivity index (χ1n) is 10.2. The highest BCUT2D eigenvalue weighted by Gasteiger charge is 2.12. The van der Waals surface area contributed by atoms with E-state index in [1.165, 1.54) is 19.1 Å². The molecule has 2 amide bonds. The number of phenols is 1. The first-order valence-corrected chi connectivity index (χ1v) is 10.6. The molecule has 3 aromatic carbocycles. The Morgan fingerprint density at radius 1 is 0.882 bits per heavy atom. The number of amides is 2. The number of ether oxygens (including phenoxy) is 2. The number of nitrogens with one attached hydrogen (secondary N) is 2. The maximum Gasteiger partial charge on any atom is 0.411 e. The molecule has 3 aromatic rings. The first-order chi connectivity index (χ1) is 16.1. The zero-order valence-corrected chi connectivity index (χ0v) is 19.6. The van der Waals surface area contributed by atoms with Crippen molar-refractivity contribution >= 4 is 40.9 Å². The van der Waals surface area contributed by atoms with Crippen molar-refractivity contribution in [3.8, 4) is 11.5 Å². The van der Waals surface area contributed by atoms with Crippen molar-refractivity contribution in [1.29, 1.82) is 0 Å². The van der Waals surface area contributed by atoms with Crippen LogP contribution in [0.4, 0.5) is 16.2 Å². The smallest absolute Gasteiger partial charge is 0.411 e. The van der Waals surface area contributed by atoms with Gasteiger partial charge in [-0.3, -0.25) is 10.1 Å². The van der Waals surface area contributed by atoms with Gasteiger partial charge in [-0.15, -0.1) is 0 Å². The van der Waals surface area contributed by atoms with E-state index in [0.29, 0.717) is 22.1 Å². The van der Waals surface area contributed by atoms with E-state index in [9.17, 15) is 19.5 Å². The third-order valence-electron chi connectivity index (χ3n) is 3.92. The van der Waals surface area contributed by atoms with Gasteiger partial charge in [0.15, 0.2) is 0 Å². The van der Waals surface area contributed by atoms with Gasteiger partial charge in [-0.25, -0.2) is 9.59 Å². The summed E-state index contributed by atoms with van der Waals surface area (Å²) in [4.78, 5) is 33.9. The maximum absolute atomic E-state index is 11.8. The molecule has 3 N–H and O–H groups in total. The van der Waals surface area contributed by atoms with E-state index in [2.05, 4.69) is 10.6 Å². The molecule has 0 aliphatic rings. The number of halogens is 1. The first kappa shape index (κ1) is 26.2. The van der Waals surface area contributed by atoms with Gasteiger partial charge in [-0.05, 0) is 68.4 Å². The van der Waals surface area contributed by atoms with Crippen LogP contribution >= 0.6 is 11.6 Å². The lowest BCUT2D eigenvalue weighted by Gasteiger charge is -2.09. The Kier molecular flexibility index (Phi) is 9.91. The molecule has 0 radical (unpaired) electrons. The number of carbonyl (C=O) groups is 3. The number of phenolic OH excluding ortho intramolecular Hbond substituents is 1. The number of hydrogen-bond acceptors (Lipinski definition) is 6. The Bertz CT molecular complexity index is 1130. The highest BCUT2D eigenvalue weighted by atomic mass is 35.5. The molecule has 0 fully saturated rings. The molecular formula is C25H25ClN2O6. The van der Waals surface area contributed by atoms with Gasteiger partial charge in [0.25, 0.3) is 0 Å². The molecular weight excluding hydrogens is 460 g/mol. The Balaban J connectivity index is 0.000000257. The quantitative estimate of drug-likeness (QED) is 0.308. The number of anilines is 2. The van der Waals surface area contributed by atoms with Crippen LogP contribution in [-0.4, -0.2) is 29.2 Å². The molecule has 0 aliphatic heterocycles. The van der Waals surface area contributed by atoms with Crippen molar-refractivity contribution < 1.29 is 29.0 Å². The van der Waals surface area contributed by atoms with Gasteiger partial charge < -0.3 is 19.9 Å². The van der Waals surface area contributed by atoms with Crippen molar-refractivity contribution in [2.75, 3.05) is 10.6 Å². The lowest BCUT2D eigenvalue weighted by molar-refractivity contribution is -0.114. The van der Waals surface area contributed by atoms with E-state index in [1.807, 2.05) is 0 Å². The Labute approximate surface area is 202 Å². The van der Waals surface area contributed by atoms with Crippen molar-refractivity contribution in [1.82, 2.24) is 0 Å². The fraction of sp³-hybridized carbons (Fsp3) is 0.160. The number of aromatic hydroxyl groups is 1. The van der Waals surface area contributed by atoms with Crippen molar-refractivity contribution in [2.45, 2.75) is 26.9 Å². The fourth-order valence-corrected chi connectivity index (χ4v) is 2.74. The van der Waals surface area contributed by atoms with Crippen LogP contribution < -0.4 is 15.4 Å². The van der Waals surface area contributed by atoms with Crippen molar-refractivity contribution in [3.63, 3.8) is 0 Å². The average Bonchev–Trinajstić information content (AvgIpc) is 2.75. The van der Waals surface area contributed by atoms with E-state index in [1.54, 1.807) is 74.5 Å². The minimum atomic E-state index is -0.643. The second-order valence-corrected chi connectivity index (χ2v) is 7.64. The predicted octanol–water partition coefficient (Wildman–Crippen LogP) is 5.87. The zero-order valence-electron chi connectivity index (χ0n) is 18.9. The number of rotatable bonds is 5. The molecule has 8 nitrogen and oxygen atoms in total. The summed E-state index contributed by atoms with van der Waals surface area (Å²) in [5.41, 5.74) is 1.33. The summed E-state index contributed by atoms with van der Waals surface area (Å²) in [5.74, 6) is -0.626. The third-order valence-corrected chi connectivity index (χ3v) is 4.16. The Morgan fingerprint density at radius 2 is 1.56 bits per heavy atom. The maximum atomic E-state index is 11.8. The van der Waals surface area contributed by atoms with E-state index < -0.39 is 12.1 Å². The summed E-state index contributed by atoms with van der Waals surface area (Å²) in [6, 6.07) is 19.4. The zero-order chi connectivity index (χ0) is 25.1. The highest BCUT2D eigenvalue weighted by molar-refractivity contribution is 6.30. The molecule has 178 valence electrons. The second kappa shape index (κ2) is 12.9. The lowest BCUT2D eigenvalue weighted by atomic mass is 10.2. The van der Waals surface area contributed by atoms with E-state index >= 15 is 0 Å². The molecule has 0 atom stereocenters. The molecule has 3 rings (SSSR count). The van der Waals surface area contributed by atoms with Crippen LogP contribution in [-0.2, 0) is 9.53 Å². The number of benzene rings is 3. The minimum absolute atomic E-state index is 0.0958. The van der Waals surface area contributed by atoms with E-state index in [-0.39, 0.29) is 23.3 Å². The highest BCUT2D eigenvalue weighted by Crippen LogP contribution is 2.21. The SMILES string of the molecule is CC(=O)Nc1ccc(OC(=O)c2ccccc2O)cc1.CC(C)OC(=O)Nc1cccc(Cl)c1. The van der Waals surface area contributed by atoms with Gasteiger partial charge in [0.1, 0.15) is 17.1 Å². The summed E-state index contributed by atoms with van der Waals surface area (Å²) in [7, 11) is 0. The van der Waals surface area contributed by atoms with Crippen LogP contribution in [0.2, 0.25) is 5.02 Å². The molecule has 0 saturated heterocycles. The predicted molar refractivity (Wildman–Crippen MR) is 131 cm³/mol. The van der Waals surface area contributed by atoms with Crippen LogP contribution in [0.25, 0.3) is 0 Å². The number of para-hydroxylation sites is 1. The topological polar surface area (TPSA) is 114 Å². The van der Waals surface area contributed by atoms with E-state index in [4.69, 9.17) is 21.1 Å². The van der Waals surface area contributed by atoms with Gasteiger partial charge in [0.2, 0.25) is 5.91 Å². The second-order valence-electron chi connectivity index (χ2n) is 7.20. The third kappa shape index (κ3) is 9.22. The molecule has 0 saturated carbocycles. The van der Waals surface area contributed by atoms with Crippen LogP contribution in [0.1, 0.15) is 31.1 Å². The molecule has 9 heteroatoms. The standard InChI is InChI=1S/C15H13NO4.C10H12ClNO2/c1-10(17)16-11-6-8-12(9-7-11)20-15(19)13-4-2-3-5-14(13)18;1-7(2)14-10(13)12-9-5-3-4-8(11)6-9/h2-9,18H,1H3,(H,16,17);3-7H,1-2H3,(H,12,13). The summed E-state index contributed by atoms with van der Waals surface area (Å²) < 4.78 is 10.0. The minimum Gasteiger partial charge on any atom is -0.507 e. The van der Waals surface area contributed by atoms with Gasteiger partial charge in [0, 0.05) is 23.3 Å². The molecule has 0 spiro atoms. The summed E-state index contributed by atoms with van der Waals surface area (Å²) in [6.07, 6.45) is -0.601. The van der Waals surface area contributed by atoms with Crippen LogP contribution in [0.5, 0.6) is 11.5 Å². The molecule has 0 aromatic heterocycles. The van der Waals surface area contributed by atoms with Crippen molar-refractivity contribution in [2.24, 2.45) is 0 Å². The summed E-state index contributed by atoms with van der Waals surface area (Å²) in [6.45, 7) is 4.99. The largest absolute Gasteiger partial charge is 0.507 e. The lowest BCUT2D eigenvalue weighted by Crippen LogP contribution is -2.17. The molecule has 0 aliphatic carbocycles. The van der Waals surface area contributed by atoms with Gasteiger partial charge in [0.05, 0.1) is 6.10 Å². The van der Waals surface area contributed by atoms with Gasteiger partial charge in [-0.2, -0.15) is 0 Å².